The smallest absolute Gasteiger partial charge is 0.264 e. The van der Waals surface area contributed by atoms with Crippen LogP contribution < -0.4 is 9.62 Å². The number of sulfonamides is 1. The lowest BCUT2D eigenvalue weighted by molar-refractivity contribution is -0.117. The minimum Gasteiger partial charge on any atom is -0.324 e. The lowest BCUT2D eigenvalue weighted by Crippen LogP contribution is -2.38. The first-order valence-corrected chi connectivity index (χ1v) is 11.8. The van der Waals surface area contributed by atoms with Crippen molar-refractivity contribution in [2.75, 3.05) is 16.2 Å². The zero-order valence-corrected chi connectivity index (χ0v) is 18.7. The lowest BCUT2D eigenvalue weighted by atomic mass is 10.0. The van der Waals surface area contributed by atoms with Gasteiger partial charge in [0.05, 0.1) is 28.4 Å². The normalized spacial score (nSPS) is 14.6. The van der Waals surface area contributed by atoms with Crippen molar-refractivity contribution in [2.24, 2.45) is 0 Å². The number of benzene rings is 2. The first-order chi connectivity index (χ1) is 15.3. The second-order valence-electron chi connectivity index (χ2n) is 7.42. The summed E-state index contributed by atoms with van der Waals surface area (Å²) in [6.07, 6.45) is 1.37. The number of fused-ring (bicyclic) bond motifs is 1. The van der Waals surface area contributed by atoms with E-state index in [-0.39, 0.29) is 46.0 Å². The number of anilines is 2. The van der Waals surface area contributed by atoms with Gasteiger partial charge >= 0.3 is 0 Å². The Balaban J connectivity index is 1.67. The van der Waals surface area contributed by atoms with Gasteiger partial charge in [-0.1, -0.05) is 48.0 Å². The predicted octanol–water partition coefficient (Wildman–Crippen LogP) is 4.26. The number of pyridine rings is 1. The van der Waals surface area contributed by atoms with Gasteiger partial charge in [0, 0.05) is 18.0 Å². The van der Waals surface area contributed by atoms with Crippen molar-refractivity contribution in [3.63, 3.8) is 0 Å². The van der Waals surface area contributed by atoms with Crippen LogP contribution in [0.25, 0.3) is 0 Å². The molecule has 0 bridgehead atoms. The van der Waals surface area contributed by atoms with Gasteiger partial charge in [0.2, 0.25) is 5.91 Å². The van der Waals surface area contributed by atoms with Crippen LogP contribution in [0.2, 0.25) is 5.02 Å². The summed E-state index contributed by atoms with van der Waals surface area (Å²) in [5.74, 6) is -0.961. The van der Waals surface area contributed by atoms with E-state index in [2.05, 4.69) is 10.3 Å². The maximum absolute atomic E-state index is 13.3. The zero-order valence-electron chi connectivity index (χ0n) is 17.2. The fourth-order valence-electron chi connectivity index (χ4n) is 3.52. The first-order valence-electron chi connectivity index (χ1n) is 9.95. The van der Waals surface area contributed by atoms with E-state index >= 15 is 0 Å². The zero-order chi connectivity index (χ0) is 22.9. The van der Waals surface area contributed by atoms with Gasteiger partial charge in [-0.25, -0.2) is 13.4 Å². The van der Waals surface area contributed by atoms with E-state index in [0.29, 0.717) is 5.69 Å². The summed E-state index contributed by atoms with van der Waals surface area (Å²) in [7, 11) is -3.98. The van der Waals surface area contributed by atoms with Gasteiger partial charge in [0.1, 0.15) is 5.69 Å². The van der Waals surface area contributed by atoms with Crippen LogP contribution in [0.4, 0.5) is 11.4 Å². The number of amides is 1. The molecule has 2 aromatic carbocycles. The maximum Gasteiger partial charge on any atom is 0.264 e. The molecule has 0 spiro atoms. The van der Waals surface area contributed by atoms with Crippen LogP contribution in [0.3, 0.4) is 0 Å². The monoisotopic (exact) mass is 469 g/mol. The van der Waals surface area contributed by atoms with Crippen molar-refractivity contribution in [2.45, 2.75) is 24.2 Å². The summed E-state index contributed by atoms with van der Waals surface area (Å²) >= 11 is 5.98. The van der Waals surface area contributed by atoms with Crippen LogP contribution in [0.15, 0.2) is 71.8 Å². The molecule has 3 aromatic rings. The maximum atomic E-state index is 13.3. The summed E-state index contributed by atoms with van der Waals surface area (Å²) in [5.41, 5.74) is 1.33. The Morgan fingerprint density at radius 2 is 1.88 bits per heavy atom. The van der Waals surface area contributed by atoms with Crippen molar-refractivity contribution in [1.29, 1.82) is 0 Å². The van der Waals surface area contributed by atoms with E-state index < -0.39 is 15.9 Å². The molecule has 164 valence electrons. The Bertz CT molecular complexity index is 1300. The third-order valence-electron chi connectivity index (χ3n) is 5.29. The Morgan fingerprint density at radius 3 is 2.59 bits per heavy atom. The molecule has 1 N–H and O–H groups in total. The highest BCUT2D eigenvalue weighted by Crippen LogP contribution is 2.33. The molecule has 0 saturated carbocycles. The van der Waals surface area contributed by atoms with Crippen molar-refractivity contribution in [3.8, 4) is 0 Å². The van der Waals surface area contributed by atoms with Crippen molar-refractivity contribution < 1.29 is 18.0 Å². The van der Waals surface area contributed by atoms with Gasteiger partial charge in [-0.3, -0.25) is 13.9 Å². The molecule has 7 nitrogen and oxygen atoms in total. The summed E-state index contributed by atoms with van der Waals surface area (Å²) in [6.45, 7) is 1.75. The largest absolute Gasteiger partial charge is 0.324 e. The Labute approximate surface area is 191 Å². The van der Waals surface area contributed by atoms with Crippen LogP contribution in [-0.2, 0) is 14.8 Å². The van der Waals surface area contributed by atoms with Gasteiger partial charge in [0.15, 0.2) is 5.78 Å². The molecule has 0 radical (unpaired) electrons. The molecule has 0 saturated heterocycles. The summed E-state index contributed by atoms with van der Waals surface area (Å²) in [4.78, 5) is 29.3. The summed E-state index contributed by atoms with van der Waals surface area (Å²) in [6, 6.07) is 16.7. The van der Waals surface area contributed by atoms with Gasteiger partial charge in [0.25, 0.3) is 10.0 Å². The van der Waals surface area contributed by atoms with Crippen LogP contribution in [0.5, 0.6) is 0 Å². The van der Waals surface area contributed by atoms with Crippen LogP contribution in [-0.4, -0.2) is 31.6 Å². The molecule has 1 aliphatic rings. The van der Waals surface area contributed by atoms with Crippen LogP contribution in [0.1, 0.15) is 35.3 Å². The quantitative estimate of drug-likeness (QED) is 0.602. The number of nitrogens with one attached hydrogen (secondary N) is 1. The number of ketones is 1. The van der Waals surface area contributed by atoms with Gasteiger partial charge in [-0.05, 0) is 36.8 Å². The summed E-state index contributed by atoms with van der Waals surface area (Å²) < 4.78 is 27.7. The van der Waals surface area contributed by atoms with Crippen molar-refractivity contribution >= 4 is 44.7 Å². The van der Waals surface area contributed by atoms with Crippen molar-refractivity contribution in [3.05, 3.63) is 83.1 Å². The number of hydrogen-bond acceptors (Lipinski definition) is 5. The second kappa shape index (κ2) is 8.72. The SMILES string of the molecule is CC(C(=O)Nc1cnc2c(c1)N(S(=O)(=O)c1cccc(Cl)c1)CCC2=O)c1ccccc1. The molecule has 1 amide bonds. The number of nitrogens with zero attached hydrogens (tertiary/aromatic N) is 2. The summed E-state index contributed by atoms with van der Waals surface area (Å²) in [5, 5.41) is 3.06. The fourth-order valence-corrected chi connectivity index (χ4v) is 5.28. The van der Waals surface area contributed by atoms with E-state index in [4.69, 9.17) is 11.6 Å². The van der Waals surface area contributed by atoms with Crippen LogP contribution >= 0.6 is 11.6 Å². The molecule has 0 fully saturated rings. The third-order valence-corrected chi connectivity index (χ3v) is 7.33. The van der Waals surface area contributed by atoms with E-state index in [1.165, 1.54) is 24.4 Å². The number of aromatic nitrogens is 1. The minimum atomic E-state index is -3.98. The standard InChI is InChI=1S/C23H20ClN3O4S/c1-15(16-6-3-2-4-7-16)23(29)26-18-13-20-22(25-14-18)21(28)10-11-27(20)32(30,31)19-9-5-8-17(24)12-19/h2-9,12-15H,10-11H2,1H3,(H,26,29). The molecule has 1 atom stereocenters. The molecule has 32 heavy (non-hydrogen) atoms. The van der Waals surface area contributed by atoms with E-state index in [1.54, 1.807) is 19.1 Å². The van der Waals surface area contributed by atoms with E-state index in [9.17, 15) is 18.0 Å². The van der Waals surface area contributed by atoms with Gasteiger partial charge in [-0.2, -0.15) is 0 Å². The van der Waals surface area contributed by atoms with Crippen LogP contribution in [0, 0.1) is 0 Å². The highest BCUT2D eigenvalue weighted by Gasteiger charge is 2.34. The molecule has 0 aliphatic carbocycles. The Kier molecular flexibility index (Phi) is 5.99. The number of carbonyl (C=O) groups is 2. The number of hydrogen-bond donors (Lipinski definition) is 1. The first kappa shape index (κ1) is 22.0. The topological polar surface area (TPSA) is 96.4 Å². The fraction of sp³-hybridized carbons (Fsp3) is 0.174. The van der Waals surface area contributed by atoms with E-state index in [0.717, 1.165) is 9.87 Å². The minimum absolute atomic E-state index is 0.0105. The lowest BCUT2D eigenvalue weighted by Gasteiger charge is -2.29. The number of carbonyl (C=O) groups excluding carboxylic acids is 2. The third kappa shape index (κ3) is 4.24. The molecular formula is C23H20ClN3O4S. The molecule has 1 aromatic heterocycles. The predicted molar refractivity (Wildman–Crippen MR) is 123 cm³/mol. The van der Waals surface area contributed by atoms with Crippen molar-refractivity contribution in [1.82, 2.24) is 4.98 Å². The average molecular weight is 470 g/mol. The molecule has 2 heterocycles. The number of Topliss-reactive ketones (excluding diaryl/α,β-unsaturated/α-hetero) is 1. The highest BCUT2D eigenvalue weighted by molar-refractivity contribution is 7.92. The van der Waals surface area contributed by atoms with Gasteiger partial charge < -0.3 is 5.32 Å². The molecular weight excluding hydrogens is 450 g/mol. The average Bonchev–Trinajstić information content (AvgIpc) is 2.79. The highest BCUT2D eigenvalue weighted by atomic mass is 35.5. The van der Waals surface area contributed by atoms with Gasteiger partial charge in [-0.15, -0.1) is 0 Å². The molecule has 4 rings (SSSR count). The number of rotatable bonds is 5. The van der Waals surface area contributed by atoms with E-state index in [1.807, 2.05) is 30.3 Å². The molecule has 1 aliphatic heterocycles. The Morgan fingerprint density at radius 1 is 1.12 bits per heavy atom. The molecule has 1 unspecified atom stereocenters. The molecule has 9 heteroatoms. The second-order valence-corrected chi connectivity index (χ2v) is 9.72. The Hall–Kier alpha value is -3.23. The number of halogens is 1.